The van der Waals surface area contributed by atoms with E-state index in [2.05, 4.69) is 19.9 Å². The van der Waals surface area contributed by atoms with Gasteiger partial charge in [0.2, 0.25) is 12.2 Å². The highest BCUT2D eigenvalue weighted by Crippen LogP contribution is 2.35. The summed E-state index contributed by atoms with van der Waals surface area (Å²) in [4.78, 5) is 39.4. The first-order valence-corrected chi connectivity index (χ1v) is 10.1. The fourth-order valence-electron chi connectivity index (χ4n) is 3.08. The summed E-state index contributed by atoms with van der Waals surface area (Å²) in [7, 11) is 0. The highest BCUT2D eigenvalue weighted by Gasteiger charge is 2.36. The zero-order chi connectivity index (χ0) is 21.1. The number of aromatic amines is 2. The summed E-state index contributed by atoms with van der Waals surface area (Å²) in [6.07, 6.45) is -2.26. The van der Waals surface area contributed by atoms with Gasteiger partial charge in [-0.05, 0) is 24.3 Å². The SMILES string of the molecule is O=C(CCl)O[C@@H](c1nc2ccccc2[nH]1)[C@@H](OC(=O)CCl)c1nc2ccccc2[nH]1. The van der Waals surface area contributed by atoms with E-state index in [1.54, 1.807) is 12.1 Å². The van der Waals surface area contributed by atoms with E-state index in [0.717, 1.165) is 11.0 Å². The Morgan fingerprint density at radius 1 is 0.767 bits per heavy atom. The van der Waals surface area contributed by atoms with Gasteiger partial charge in [0.25, 0.3) is 0 Å². The number of esters is 2. The van der Waals surface area contributed by atoms with Gasteiger partial charge < -0.3 is 19.4 Å². The second-order valence-corrected chi connectivity index (χ2v) is 6.90. The molecule has 0 fully saturated rings. The van der Waals surface area contributed by atoms with Crippen molar-refractivity contribution in [2.45, 2.75) is 12.2 Å². The van der Waals surface area contributed by atoms with Crippen LogP contribution in [0.3, 0.4) is 0 Å². The van der Waals surface area contributed by atoms with Crippen molar-refractivity contribution >= 4 is 57.2 Å². The third kappa shape index (κ3) is 4.10. The molecule has 0 unspecified atom stereocenters. The quantitative estimate of drug-likeness (QED) is 0.330. The number of rotatable bonds is 7. The average molecular weight is 447 g/mol. The Kier molecular flexibility index (Phi) is 5.87. The minimum absolute atomic E-state index is 0.280. The Bertz CT molecular complexity index is 1050. The first kappa shape index (κ1) is 20.2. The predicted octanol–water partition coefficient (Wildman–Crippen LogP) is 3.79. The molecule has 2 N–H and O–H groups in total. The van der Waals surface area contributed by atoms with Gasteiger partial charge in [-0.2, -0.15) is 0 Å². The molecular weight excluding hydrogens is 431 g/mol. The molecule has 0 aliphatic carbocycles. The smallest absolute Gasteiger partial charge is 0.321 e. The van der Waals surface area contributed by atoms with Crippen LogP contribution in [0.2, 0.25) is 0 Å². The standard InChI is InChI=1S/C20H16Cl2N4O4/c21-9-15(27)29-17(19-23-11-5-1-2-6-12(11)24-19)18(30-16(28)10-22)20-25-13-7-3-4-8-14(13)26-20/h1-8,17-18H,9-10H2,(H,23,24)(H,25,26)/t17-,18-/m1/s1. The maximum absolute atomic E-state index is 12.1. The Hall–Kier alpha value is -3.10. The highest BCUT2D eigenvalue weighted by atomic mass is 35.5. The lowest BCUT2D eigenvalue weighted by Crippen LogP contribution is -2.25. The van der Waals surface area contributed by atoms with Crippen LogP contribution in [0.1, 0.15) is 23.9 Å². The summed E-state index contributed by atoms with van der Waals surface area (Å²) in [6.45, 7) is 0. The van der Waals surface area contributed by atoms with E-state index in [1.165, 1.54) is 0 Å². The van der Waals surface area contributed by atoms with E-state index < -0.39 is 24.1 Å². The third-order valence-corrected chi connectivity index (χ3v) is 4.80. The number of ether oxygens (including phenoxy) is 2. The molecule has 2 atom stereocenters. The monoisotopic (exact) mass is 446 g/mol. The van der Waals surface area contributed by atoms with Gasteiger partial charge in [-0.15, -0.1) is 23.2 Å². The van der Waals surface area contributed by atoms with Crippen LogP contribution in [0.4, 0.5) is 0 Å². The molecule has 0 radical (unpaired) electrons. The van der Waals surface area contributed by atoms with Gasteiger partial charge in [0.1, 0.15) is 11.8 Å². The molecule has 30 heavy (non-hydrogen) atoms. The Labute approximate surface area is 180 Å². The number of H-pyrrole nitrogens is 2. The number of imidazole rings is 2. The number of benzene rings is 2. The highest BCUT2D eigenvalue weighted by molar-refractivity contribution is 6.26. The molecule has 0 bridgehead atoms. The van der Waals surface area contributed by atoms with Crippen LogP contribution >= 0.6 is 23.2 Å². The third-order valence-electron chi connectivity index (χ3n) is 4.36. The summed E-state index contributed by atoms with van der Waals surface area (Å²) in [5.74, 6) is -1.61. The maximum atomic E-state index is 12.1. The number of para-hydroxylation sites is 4. The molecule has 4 aromatic rings. The lowest BCUT2D eigenvalue weighted by molar-refractivity contribution is -0.167. The first-order valence-electron chi connectivity index (χ1n) is 8.99. The van der Waals surface area contributed by atoms with Gasteiger partial charge in [-0.1, -0.05) is 24.3 Å². The molecule has 0 spiro atoms. The number of hydrogen-bond donors (Lipinski definition) is 2. The number of hydrogen-bond acceptors (Lipinski definition) is 6. The second-order valence-electron chi connectivity index (χ2n) is 6.37. The molecule has 0 saturated carbocycles. The summed E-state index contributed by atoms with van der Waals surface area (Å²) >= 11 is 11.3. The van der Waals surface area contributed by atoms with Gasteiger partial charge >= 0.3 is 11.9 Å². The first-order chi connectivity index (χ1) is 14.6. The van der Waals surface area contributed by atoms with Crippen LogP contribution in [0, 0.1) is 0 Å². The van der Waals surface area contributed by atoms with Crippen LogP contribution in [0.15, 0.2) is 48.5 Å². The van der Waals surface area contributed by atoms with Crippen molar-refractivity contribution in [2.75, 3.05) is 11.8 Å². The van der Waals surface area contributed by atoms with Gasteiger partial charge in [-0.3, -0.25) is 9.59 Å². The van der Waals surface area contributed by atoms with Gasteiger partial charge in [-0.25, -0.2) is 9.97 Å². The summed E-state index contributed by atoms with van der Waals surface area (Å²) in [5, 5.41) is 0. The average Bonchev–Trinajstić information content (AvgIpc) is 3.39. The molecule has 0 amide bonds. The minimum atomic E-state index is -1.13. The molecule has 0 aliphatic rings. The molecule has 8 nitrogen and oxygen atoms in total. The lowest BCUT2D eigenvalue weighted by Gasteiger charge is -2.23. The number of carbonyl (C=O) groups excluding carboxylic acids is 2. The molecule has 154 valence electrons. The van der Waals surface area contributed by atoms with Crippen molar-refractivity contribution in [1.29, 1.82) is 0 Å². The zero-order valence-corrected chi connectivity index (χ0v) is 17.0. The maximum Gasteiger partial charge on any atom is 0.321 e. The molecule has 4 rings (SSSR count). The molecule has 2 aromatic heterocycles. The molecule has 10 heteroatoms. The number of nitrogens with one attached hydrogen (secondary N) is 2. The Balaban J connectivity index is 1.82. The van der Waals surface area contributed by atoms with Crippen LogP contribution in [0.25, 0.3) is 22.1 Å². The van der Waals surface area contributed by atoms with E-state index in [4.69, 9.17) is 32.7 Å². The van der Waals surface area contributed by atoms with Crippen LogP contribution in [-0.4, -0.2) is 43.6 Å². The van der Waals surface area contributed by atoms with Crippen molar-refractivity contribution in [3.63, 3.8) is 0 Å². The van der Waals surface area contributed by atoms with E-state index in [-0.39, 0.29) is 23.4 Å². The predicted molar refractivity (Wildman–Crippen MR) is 111 cm³/mol. The van der Waals surface area contributed by atoms with Crippen molar-refractivity contribution in [3.8, 4) is 0 Å². The molecule has 0 aliphatic heterocycles. The Morgan fingerprint density at radius 2 is 1.17 bits per heavy atom. The van der Waals surface area contributed by atoms with Crippen molar-refractivity contribution in [3.05, 3.63) is 60.2 Å². The number of nitrogens with zero attached hydrogens (tertiary/aromatic N) is 2. The molecule has 2 aromatic carbocycles. The summed E-state index contributed by atoms with van der Waals surface area (Å²) in [6, 6.07) is 14.6. The molecule has 0 saturated heterocycles. The number of halogens is 2. The fraction of sp³-hybridized carbons (Fsp3) is 0.200. The lowest BCUT2D eigenvalue weighted by atomic mass is 10.1. The largest absolute Gasteiger partial charge is 0.449 e. The van der Waals surface area contributed by atoms with E-state index in [0.29, 0.717) is 11.0 Å². The van der Waals surface area contributed by atoms with Gasteiger partial charge in [0.15, 0.2) is 11.6 Å². The number of carbonyl (C=O) groups is 2. The normalized spacial score (nSPS) is 13.3. The number of aromatic nitrogens is 4. The van der Waals surface area contributed by atoms with Crippen LogP contribution in [-0.2, 0) is 19.1 Å². The van der Waals surface area contributed by atoms with Gasteiger partial charge in [0, 0.05) is 0 Å². The van der Waals surface area contributed by atoms with Crippen LogP contribution < -0.4 is 0 Å². The number of alkyl halides is 2. The zero-order valence-electron chi connectivity index (χ0n) is 15.5. The second kappa shape index (κ2) is 8.73. The van der Waals surface area contributed by atoms with Crippen molar-refractivity contribution in [1.82, 2.24) is 19.9 Å². The van der Waals surface area contributed by atoms with E-state index >= 15 is 0 Å². The summed E-state index contributed by atoms with van der Waals surface area (Å²) < 4.78 is 11.1. The molecular formula is C20H16Cl2N4O4. The Morgan fingerprint density at radius 3 is 1.53 bits per heavy atom. The van der Waals surface area contributed by atoms with Crippen molar-refractivity contribution < 1.29 is 19.1 Å². The summed E-state index contributed by atoms with van der Waals surface area (Å²) in [5.41, 5.74) is 2.77. The van der Waals surface area contributed by atoms with Gasteiger partial charge in [0.05, 0.1) is 22.1 Å². The van der Waals surface area contributed by atoms with Crippen LogP contribution in [0.5, 0.6) is 0 Å². The van der Waals surface area contributed by atoms with E-state index in [9.17, 15) is 9.59 Å². The number of fused-ring (bicyclic) bond motifs is 2. The van der Waals surface area contributed by atoms with Crippen molar-refractivity contribution in [2.24, 2.45) is 0 Å². The topological polar surface area (TPSA) is 110 Å². The van der Waals surface area contributed by atoms with E-state index in [1.807, 2.05) is 36.4 Å². The molecule has 2 heterocycles. The fourth-order valence-corrected chi connectivity index (χ4v) is 3.21. The minimum Gasteiger partial charge on any atom is -0.449 e.